The minimum absolute atomic E-state index is 0.210. The van der Waals surface area contributed by atoms with Gasteiger partial charge < -0.3 is 10.0 Å². The number of aryl methyl sites for hydroxylation is 1. The van der Waals surface area contributed by atoms with Crippen molar-refractivity contribution in [2.24, 2.45) is 5.41 Å². The van der Waals surface area contributed by atoms with Gasteiger partial charge in [0.1, 0.15) is 0 Å². The summed E-state index contributed by atoms with van der Waals surface area (Å²) >= 11 is 0. The van der Waals surface area contributed by atoms with Crippen molar-refractivity contribution in [1.82, 2.24) is 4.90 Å². The number of hydrogen-bond acceptors (Lipinski definition) is 2. The van der Waals surface area contributed by atoms with Gasteiger partial charge >= 0.3 is 5.97 Å². The molecule has 1 aliphatic rings. The largest absolute Gasteiger partial charge is 0.478 e. The van der Waals surface area contributed by atoms with E-state index in [1.807, 2.05) is 4.90 Å². The fraction of sp³-hybridized carbons (Fsp3) is 0.556. The second-order valence-corrected chi connectivity index (χ2v) is 6.59. The van der Waals surface area contributed by atoms with Gasteiger partial charge in [0.25, 0.3) is 0 Å². The topological polar surface area (TPSA) is 57.6 Å². The predicted octanol–water partition coefficient (Wildman–Crippen LogP) is 3.36. The highest BCUT2D eigenvalue weighted by atomic mass is 16.4. The summed E-state index contributed by atoms with van der Waals surface area (Å²) < 4.78 is 0. The second-order valence-electron chi connectivity index (χ2n) is 6.59. The van der Waals surface area contributed by atoms with E-state index in [1.165, 1.54) is 6.42 Å². The SMILES string of the molecule is CCC1(C)CCCN(C(=O)CCc2ccc(C(=O)O)cc2)C1. The summed E-state index contributed by atoms with van der Waals surface area (Å²) in [6.07, 6.45) is 4.55. The summed E-state index contributed by atoms with van der Waals surface area (Å²) in [4.78, 5) is 25.2. The summed E-state index contributed by atoms with van der Waals surface area (Å²) in [6.45, 7) is 6.18. The highest BCUT2D eigenvalue weighted by molar-refractivity contribution is 5.87. The van der Waals surface area contributed by atoms with Crippen LogP contribution < -0.4 is 0 Å². The number of carbonyl (C=O) groups excluding carboxylic acids is 1. The Morgan fingerprint density at radius 2 is 1.95 bits per heavy atom. The summed E-state index contributed by atoms with van der Waals surface area (Å²) in [5.74, 6) is -0.712. The lowest BCUT2D eigenvalue weighted by Gasteiger charge is -2.40. The van der Waals surface area contributed by atoms with E-state index in [4.69, 9.17) is 5.11 Å². The van der Waals surface area contributed by atoms with Crippen molar-refractivity contribution in [2.45, 2.75) is 46.0 Å². The van der Waals surface area contributed by atoms with Crippen LogP contribution in [0, 0.1) is 5.41 Å². The molecule has 1 aliphatic heterocycles. The molecular weight excluding hydrogens is 278 g/mol. The summed E-state index contributed by atoms with van der Waals surface area (Å²) in [5.41, 5.74) is 1.55. The van der Waals surface area contributed by atoms with E-state index in [0.29, 0.717) is 12.8 Å². The van der Waals surface area contributed by atoms with Gasteiger partial charge in [0.15, 0.2) is 0 Å². The number of rotatable bonds is 5. The molecule has 1 atom stereocenters. The molecule has 2 rings (SSSR count). The maximum absolute atomic E-state index is 12.4. The third-order valence-electron chi connectivity index (χ3n) is 4.82. The Hall–Kier alpha value is -1.84. The highest BCUT2D eigenvalue weighted by Crippen LogP contribution is 2.32. The first-order chi connectivity index (χ1) is 10.4. The van der Waals surface area contributed by atoms with Gasteiger partial charge in [0, 0.05) is 19.5 Å². The smallest absolute Gasteiger partial charge is 0.335 e. The molecule has 1 aromatic rings. The number of piperidine rings is 1. The standard InChI is InChI=1S/C18H25NO3/c1-3-18(2)11-4-12-19(13-18)16(20)10-7-14-5-8-15(9-6-14)17(21)22/h5-6,8-9H,3-4,7,10-13H2,1-2H3,(H,21,22). The molecule has 1 N–H and O–H groups in total. The minimum atomic E-state index is -0.921. The molecule has 1 aromatic carbocycles. The quantitative estimate of drug-likeness (QED) is 0.907. The first kappa shape index (κ1) is 16.5. The molecule has 1 fully saturated rings. The Labute approximate surface area is 132 Å². The zero-order valence-electron chi connectivity index (χ0n) is 13.5. The normalized spacial score (nSPS) is 21.6. The fourth-order valence-electron chi connectivity index (χ4n) is 3.04. The molecule has 0 radical (unpaired) electrons. The van der Waals surface area contributed by atoms with E-state index < -0.39 is 5.97 Å². The number of carbonyl (C=O) groups is 2. The Balaban J connectivity index is 1.88. The third kappa shape index (κ3) is 4.09. The van der Waals surface area contributed by atoms with Crippen molar-refractivity contribution < 1.29 is 14.7 Å². The number of amides is 1. The van der Waals surface area contributed by atoms with Gasteiger partial charge in [-0.15, -0.1) is 0 Å². The number of likely N-dealkylation sites (tertiary alicyclic amines) is 1. The van der Waals surface area contributed by atoms with Gasteiger partial charge in [0.2, 0.25) is 5.91 Å². The van der Waals surface area contributed by atoms with Crippen molar-refractivity contribution >= 4 is 11.9 Å². The van der Waals surface area contributed by atoms with E-state index in [2.05, 4.69) is 13.8 Å². The van der Waals surface area contributed by atoms with Crippen LogP contribution >= 0.6 is 0 Å². The van der Waals surface area contributed by atoms with Gasteiger partial charge in [-0.05, 0) is 48.8 Å². The number of aromatic carboxylic acids is 1. The maximum atomic E-state index is 12.4. The van der Waals surface area contributed by atoms with Crippen molar-refractivity contribution in [3.05, 3.63) is 35.4 Å². The van der Waals surface area contributed by atoms with E-state index in [9.17, 15) is 9.59 Å². The average molecular weight is 303 g/mol. The molecule has 1 heterocycles. The number of carboxylic acid groups (broad SMARTS) is 1. The van der Waals surface area contributed by atoms with Crippen molar-refractivity contribution in [3.8, 4) is 0 Å². The van der Waals surface area contributed by atoms with Gasteiger partial charge in [-0.25, -0.2) is 4.79 Å². The molecule has 4 nitrogen and oxygen atoms in total. The van der Waals surface area contributed by atoms with E-state index in [0.717, 1.165) is 31.5 Å². The molecule has 1 amide bonds. The van der Waals surface area contributed by atoms with Gasteiger partial charge in [0.05, 0.1) is 5.56 Å². The third-order valence-corrected chi connectivity index (χ3v) is 4.82. The first-order valence-electron chi connectivity index (χ1n) is 8.03. The Bertz CT molecular complexity index is 538. The minimum Gasteiger partial charge on any atom is -0.478 e. The van der Waals surface area contributed by atoms with E-state index in [-0.39, 0.29) is 16.9 Å². The average Bonchev–Trinajstić information content (AvgIpc) is 2.53. The molecule has 1 saturated heterocycles. The Morgan fingerprint density at radius 3 is 2.55 bits per heavy atom. The maximum Gasteiger partial charge on any atom is 0.335 e. The summed E-state index contributed by atoms with van der Waals surface area (Å²) in [5, 5.41) is 8.88. The summed E-state index contributed by atoms with van der Waals surface area (Å²) in [6, 6.07) is 6.78. The van der Waals surface area contributed by atoms with Crippen LogP contribution in [0.3, 0.4) is 0 Å². The molecule has 0 bridgehead atoms. The van der Waals surface area contributed by atoms with Gasteiger partial charge in [-0.2, -0.15) is 0 Å². The van der Waals surface area contributed by atoms with Crippen LogP contribution in [-0.2, 0) is 11.2 Å². The molecule has 0 spiro atoms. The van der Waals surface area contributed by atoms with Gasteiger partial charge in [-0.1, -0.05) is 26.0 Å². The molecular formula is C18H25NO3. The number of hydrogen-bond donors (Lipinski definition) is 1. The van der Waals surface area contributed by atoms with Crippen LogP contribution in [-0.4, -0.2) is 35.0 Å². The van der Waals surface area contributed by atoms with Crippen molar-refractivity contribution in [3.63, 3.8) is 0 Å². The Kier molecular flexibility index (Phi) is 5.22. The van der Waals surface area contributed by atoms with Crippen LogP contribution in [0.4, 0.5) is 0 Å². The fourth-order valence-corrected chi connectivity index (χ4v) is 3.04. The molecule has 0 aromatic heterocycles. The Morgan fingerprint density at radius 1 is 1.27 bits per heavy atom. The van der Waals surface area contributed by atoms with E-state index in [1.54, 1.807) is 24.3 Å². The number of benzene rings is 1. The zero-order chi connectivity index (χ0) is 16.2. The van der Waals surface area contributed by atoms with Crippen LogP contribution in [0.2, 0.25) is 0 Å². The molecule has 4 heteroatoms. The lowest BCUT2D eigenvalue weighted by Crippen LogP contribution is -2.44. The molecule has 1 unspecified atom stereocenters. The predicted molar refractivity (Wildman–Crippen MR) is 85.9 cm³/mol. The van der Waals surface area contributed by atoms with Crippen molar-refractivity contribution in [2.75, 3.05) is 13.1 Å². The van der Waals surface area contributed by atoms with Crippen LogP contribution in [0.25, 0.3) is 0 Å². The number of nitrogens with zero attached hydrogens (tertiary/aromatic N) is 1. The van der Waals surface area contributed by atoms with Crippen LogP contribution in [0.1, 0.15) is 55.5 Å². The zero-order valence-corrected chi connectivity index (χ0v) is 13.5. The second kappa shape index (κ2) is 6.95. The van der Waals surface area contributed by atoms with Crippen LogP contribution in [0.15, 0.2) is 24.3 Å². The molecule has 22 heavy (non-hydrogen) atoms. The molecule has 120 valence electrons. The summed E-state index contributed by atoms with van der Waals surface area (Å²) in [7, 11) is 0. The lowest BCUT2D eigenvalue weighted by atomic mass is 9.79. The lowest BCUT2D eigenvalue weighted by molar-refractivity contribution is -0.134. The number of carboxylic acids is 1. The van der Waals surface area contributed by atoms with Crippen LogP contribution in [0.5, 0.6) is 0 Å². The van der Waals surface area contributed by atoms with Gasteiger partial charge in [-0.3, -0.25) is 4.79 Å². The molecule has 0 aliphatic carbocycles. The first-order valence-corrected chi connectivity index (χ1v) is 8.03. The van der Waals surface area contributed by atoms with Crippen molar-refractivity contribution in [1.29, 1.82) is 0 Å². The monoisotopic (exact) mass is 303 g/mol. The highest BCUT2D eigenvalue weighted by Gasteiger charge is 2.31. The molecule has 0 saturated carbocycles. The van der Waals surface area contributed by atoms with E-state index >= 15 is 0 Å².